The fourth-order valence-electron chi connectivity index (χ4n) is 2.45. The van der Waals surface area contributed by atoms with Gasteiger partial charge < -0.3 is 5.32 Å². The molecule has 0 saturated heterocycles. The first-order valence-corrected chi connectivity index (χ1v) is 9.81. The maximum atomic E-state index is 12.2. The average Bonchev–Trinajstić information content (AvgIpc) is 2.88. The number of carbonyl (C=O) groups is 2. The second kappa shape index (κ2) is 7.97. The lowest BCUT2D eigenvalue weighted by atomic mass is 10.0. The second-order valence-electron chi connectivity index (χ2n) is 5.68. The predicted molar refractivity (Wildman–Crippen MR) is 103 cm³/mol. The number of nitrogens with one attached hydrogen (secondary N) is 1. The molecule has 1 unspecified atom stereocenters. The van der Waals surface area contributed by atoms with Crippen LogP contribution >= 0.6 is 23.5 Å². The smallest absolute Gasteiger partial charge is 0.261 e. The van der Waals surface area contributed by atoms with Crippen molar-refractivity contribution in [1.82, 2.24) is 10.3 Å². The van der Waals surface area contributed by atoms with Crippen molar-refractivity contribution in [3.05, 3.63) is 40.6 Å². The summed E-state index contributed by atoms with van der Waals surface area (Å²) in [6.45, 7) is 4.35. The van der Waals surface area contributed by atoms with E-state index in [1.54, 1.807) is 18.0 Å². The first kappa shape index (κ1) is 17.9. The molecule has 2 amide bonds. The van der Waals surface area contributed by atoms with Gasteiger partial charge in [-0.05, 0) is 36.5 Å². The van der Waals surface area contributed by atoms with Crippen molar-refractivity contribution in [2.24, 2.45) is 15.9 Å². The number of amides is 2. The van der Waals surface area contributed by atoms with E-state index < -0.39 is 0 Å². The minimum Gasteiger partial charge on any atom is -0.350 e. The van der Waals surface area contributed by atoms with Gasteiger partial charge in [0.1, 0.15) is 11.8 Å². The number of nitrogens with zero attached hydrogens (tertiary/aromatic N) is 3. The van der Waals surface area contributed by atoms with Crippen LogP contribution in [0.2, 0.25) is 0 Å². The Hall–Kier alpha value is -1.93. The zero-order valence-electron chi connectivity index (χ0n) is 14.0. The van der Waals surface area contributed by atoms with E-state index in [9.17, 15) is 9.59 Å². The molecule has 6 nitrogen and oxygen atoms in total. The number of thioether (sulfide) groups is 2. The molecule has 1 atom stereocenters. The summed E-state index contributed by atoms with van der Waals surface area (Å²) in [7, 11) is 0. The lowest BCUT2D eigenvalue weighted by Gasteiger charge is -2.14. The number of hydrogen-bond acceptors (Lipinski definition) is 6. The highest BCUT2D eigenvalue weighted by atomic mass is 32.2. The van der Waals surface area contributed by atoms with E-state index in [1.165, 1.54) is 11.8 Å². The topological polar surface area (TPSA) is 83.8 Å². The van der Waals surface area contributed by atoms with Crippen molar-refractivity contribution in [1.29, 1.82) is 0 Å². The maximum absolute atomic E-state index is 12.2. The second-order valence-corrected chi connectivity index (χ2v) is 7.90. The molecule has 25 heavy (non-hydrogen) atoms. The Morgan fingerprint density at radius 1 is 1.32 bits per heavy atom. The molecule has 0 saturated carbocycles. The number of carbonyl (C=O) groups excluding carboxylic acids is 2. The Morgan fingerprint density at radius 3 is 2.92 bits per heavy atom. The van der Waals surface area contributed by atoms with E-state index in [0.717, 1.165) is 21.2 Å². The molecule has 2 aliphatic heterocycles. The summed E-state index contributed by atoms with van der Waals surface area (Å²) in [5, 5.41) is 3.63. The summed E-state index contributed by atoms with van der Waals surface area (Å²) in [5.74, 6) is 0.707. The van der Waals surface area contributed by atoms with Gasteiger partial charge in [0.05, 0.1) is 28.8 Å². The minimum absolute atomic E-state index is 0.0764. The highest BCUT2D eigenvalue weighted by Crippen LogP contribution is 2.40. The molecular weight excluding hydrogens is 356 g/mol. The summed E-state index contributed by atoms with van der Waals surface area (Å²) in [6.07, 6.45) is 1.69. The van der Waals surface area contributed by atoms with Gasteiger partial charge in [0.2, 0.25) is 5.91 Å². The van der Waals surface area contributed by atoms with Crippen LogP contribution in [0.15, 0.2) is 44.9 Å². The van der Waals surface area contributed by atoms with E-state index >= 15 is 0 Å². The number of hydrogen-bond donors (Lipinski definition) is 1. The molecular formula is C17H18N4O2S2. The van der Waals surface area contributed by atoms with Crippen LogP contribution in [0.1, 0.15) is 19.5 Å². The predicted octanol–water partition coefficient (Wildman–Crippen LogP) is 2.43. The summed E-state index contributed by atoms with van der Waals surface area (Å²) in [5.41, 5.74) is 1.86. The molecule has 0 fully saturated rings. The fourth-order valence-corrected chi connectivity index (χ4v) is 4.29. The third-order valence-electron chi connectivity index (χ3n) is 3.88. The maximum Gasteiger partial charge on any atom is 0.261 e. The van der Waals surface area contributed by atoms with E-state index in [2.05, 4.69) is 20.3 Å². The molecule has 1 aromatic heterocycles. The highest BCUT2D eigenvalue weighted by molar-refractivity contribution is 8.17. The Kier molecular flexibility index (Phi) is 5.70. The molecule has 3 heterocycles. The number of aliphatic imine (C=N–C) groups is 2. The van der Waals surface area contributed by atoms with Crippen LogP contribution in [0.25, 0.3) is 0 Å². The van der Waals surface area contributed by atoms with Crippen LogP contribution in [0.5, 0.6) is 0 Å². The van der Waals surface area contributed by atoms with Crippen LogP contribution in [-0.2, 0) is 16.1 Å². The van der Waals surface area contributed by atoms with Crippen molar-refractivity contribution in [2.45, 2.75) is 20.4 Å². The molecule has 2 aliphatic rings. The minimum atomic E-state index is -0.291. The van der Waals surface area contributed by atoms with Gasteiger partial charge in [0.15, 0.2) is 0 Å². The van der Waals surface area contributed by atoms with Crippen LogP contribution in [-0.4, -0.2) is 39.2 Å². The molecule has 0 bridgehead atoms. The van der Waals surface area contributed by atoms with Crippen molar-refractivity contribution in [3.63, 3.8) is 0 Å². The Labute approximate surface area is 154 Å². The van der Waals surface area contributed by atoms with E-state index in [-0.39, 0.29) is 23.5 Å². The van der Waals surface area contributed by atoms with Gasteiger partial charge in [0.25, 0.3) is 5.91 Å². The van der Waals surface area contributed by atoms with Gasteiger partial charge in [-0.3, -0.25) is 14.6 Å². The Bertz CT molecular complexity index is 787. The van der Waals surface area contributed by atoms with Gasteiger partial charge in [-0.25, -0.2) is 4.99 Å². The van der Waals surface area contributed by atoms with Gasteiger partial charge in [-0.1, -0.05) is 17.8 Å². The molecule has 0 spiro atoms. The Balaban J connectivity index is 1.45. The van der Waals surface area contributed by atoms with Crippen LogP contribution in [0.3, 0.4) is 0 Å². The van der Waals surface area contributed by atoms with Crippen LogP contribution in [0, 0.1) is 5.92 Å². The zero-order chi connectivity index (χ0) is 17.8. The van der Waals surface area contributed by atoms with Gasteiger partial charge in [0, 0.05) is 6.20 Å². The van der Waals surface area contributed by atoms with E-state index in [0.29, 0.717) is 18.1 Å². The number of pyridine rings is 1. The van der Waals surface area contributed by atoms with Crippen LogP contribution in [0.4, 0.5) is 0 Å². The van der Waals surface area contributed by atoms with Crippen molar-refractivity contribution >= 4 is 46.2 Å². The van der Waals surface area contributed by atoms with Crippen molar-refractivity contribution in [3.8, 4) is 0 Å². The lowest BCUT2D eigenvalue weighted by Crippen LogP contribution is -2.27. The Morgan fingerprint density at radius 2 is 2.16 bits per heavy atom. The number of amidine groups is 1. The summed E-state index contributed by atoms with van der Waals surface area (Å²) >= 11 is 2.94. The third-order valence-corrected chi connectivity index (χ3v) is 5.97. The molecule has 0 aliphatic carbocycles. The standard InChI is InChI=1S/C17H18N4O2S2/c1-10-11(2)25-17-15(10)16(23)20-13(21-17)8-24-9-14(22)19-7-12-5-3-4-6-18-12/h3-6,15H,7-9H2,1-2H3,(H,19,22). The summed E-state index contributed by atoms with van der Waals surface area (Å²) in [4.78, 5) is 37.9. The quantitative estimate of drug-likeness (QED) is 0.827. The largest absolute Gasteiger partial charge is 0.350 e. The molecule has 130 valence electrons. The monoisotopic (exact) mass is 374 g/mol. The molecule has 0 radical (unpaired) electrons. The summed E-state index contributed by atoms with van der Waals surface area (Å²) < 4.78 is 0. The normalized spacial score (nSPS) is 19.4. The van der Waals surface area contributed by atoms with Crippen molar-refractivity contribution < 1.29 is 9.59 Å². The van der Waals surface area contributed by atoms with Gasteiger partial charge in [-0.2, -0.15) is 4.99 Å². The SMILES string of the molecule is CC1=C(C)C2C(=O)N=C(CSCC(=O)NCc3ccccn3)N=C2S1. The number of aromatic nitrogens is 1. The molecule has 3 rings (SSSR count). The lowest BCUT2D eigenvalue weighted by molar-refractivity contribution is -0.119. The van der Waals surface area contributed by atoms with E-state index in [1.807, 2.05) is 32.0 Å². The van der Waals surface area contributed by atoms with Gasteiger partial charge in [-0.15, -0.1) is 11.8 Å². The zero-order valence-corrected chi connectivity index (χ0v) is 15.6. The third kappa shape index (κ3) is 4.38. The molecule has 1 N–H and O–H groups in total. The first-order valence-electron chi connectivity index (χ1n) is 7.84. The molecule has 8 heteroatoms. The molecule has 0 aromatic carbocycles. The summed E-state index contributed by atoms with van der Waals surface area (Å²) in [6, 6.07) is 5.58. The number of fused-ring (bicyclic) bond motifs is 1. The number of rotatable bonds is 6. The van der Waals surface area contributed by atoms with Crippen LogP contribution < -0.4 is 5.32 Å². The fraction of sp³-hybridized carbons (Fsp3) is 0.353. The first-order chi connectivity index (χ1) is 12.0. The van der Waals surface area contributed by atoms with E-state index in [4.69, 9.17) is 0 Å². The highest BCUT2D eigenvalue weighted by Gasteiger charge is 2.36. The molecule has 1 aromatic rings. The van der Waals surface area contributed by atoms with Crippen molar-refractivity contribution in [2.75, 3.05) is 11.5 Å². The number of allylic oxidation sites excluding steroid dienone is 1. The van der Waals surface area contributed by atoms with Gasteiger partial charge >= 0.3 is 0 Å². The average molecular weight is 374 g/mol.